The van der Waals surface area contributed by atoms with Crippen LogP contribution in [0.3, 0.4) is 0 Å². The molecule has 2 aromatic carbocycles. The first kappa shape index (κ1) is 18.0. The normalized spacial score (nSPS) is 17.6. The SMILES string of the molecule is CNc1ccccc1/C=C1\CCC/C(=C\c2ccc(N(C)C)cc2)C1=O. The van der Waals surface area contributed by atoms with Crippen molar-refractivity contribution in [1.29, 1.82) is 0 Å². The summed E-state index contributed by atoms with van der Waals surface area (Å²) >= 11 is 0. The number of hydrogen-bond acceptors (Lipinski definition) is 3. The van der Waals surface area contributed by atoms with Crippen molar-refractivity contribution in [3.8, 4) is 0 Å². The van der Waals surface area contributed by atoms with E-state index in [0.717, 1.165) is 52.9 Å². The van der Waals surface area contributed by atoms with Gasteiger partial charge in [0.15, 0.2) is 5.78 Å². The van der Waals surface area contributed by atoms with E-state index in [0.29, 0.717) is 0 Å². The number of benzene rings is 2. The summed E-state index contributed by atoms with van der Waals surface area (Å²) in [5.74, 6) is 0.179. The largest absolute Gasteiger partial charge is 0.388 e. The van der Waals surface area contributed by atoms with E-state index in [1.165, 1.54) is 0 Å². The molecule has 1 N–H and O–H groups in total. The summed E-state index contributed by atoms with van der Waals surface area (Å²) in [6.07, 6.45) is 6.78. The van der Waals surface area contributed by atoms with E-state index in [9.17, 15) is 4.79 Å². The van der Waals surface area contributed by atoms with Crippen LogP contribution >= 0.6 is 0 Å². The van der Waals surface area contributed by atoms with Crippen molar-refractivity contribution in [2.24, 2.45) is 0 Å². The molecule has 0 atom stereocenters. The molecular weight excluding hydrogens is 320 g/mol. The van der Waals surface area contributed by atoms with Crippen LogP contribution in [0, 0.1) is 0 Å². The third-order valence-electron chi connectivity index (χ3n) is 4.79. The zero-order valence-electron chi connectivity index (χ0n) is 15.8. The first-order valence-electron chi connectivity index (χ1n) is 9.08. The van der Waals surface area contributed by atoms with E-state index in [-0.39, 0.29) is 5.78 Å². The second kappa shape index (κ2) is 8.05. The Hall–Kier alpha value is -2.81. The Morgan fingerprint density at radius 2 is 1.58 bits per heavy atom. The predicted octanol–water partition coefficient (Wildman–Crippen LogP) is 5.01. The number of carbonyl (C=O) groups excluding carboxylic acids is 1. The van der Waals surface area contributed by atoms with E-state index in [1.807, 2.05) is 57.6 Å². The maximum absolute atomic E-state index is 12.9. The van der Waals surface area contributed by atoms with Gasteiger partial charge in [0, 0.05) is 43.7 Å². The monoisotopic (exact) mass is 346 g/mol. The van der Waals surface area contributed by atoms with Crippen molar-refractivity contribution in [3.05, 3.63) is 70.8 Å². The fourth-order valence-electron chi connectivity index (χ4n) is 3.29. The predicted molar refractivity (Wildman–Crippen MR) is 112 cm³/mol. The first-order chi connectivity index (χ1) is 12.6. The van der Waals surface area contributed by atoms with Gasteiger partial charge in [0.2, 0.25) is 0 Å². The maximum atomic E-state index is 12.9. The summed E-state index contributed by atoms with van der Waals surface area (Å²) < 4.78 is 0. The van der Waals surface area contributed by atoms with Gasteiger partial charge < -0.3 is 10.2 Å². The van der Waals surface area contributed by atoms with E-state index >= 15 is 0 Å². The highest BCUT2D eigenvalue weighted by Crippen LogP contribution is 2.29. The van der Waals surface area contributed by atoms with E-state index in [4.69, 9.17) is 0 Å². The quantitative estimate of drug-likeness (QED) is 0.790. The zero-order chi connectivity index (χ0) is 18.5. The molecule has 0 amide bonds. The molecule has 0 radical (unpaired) electrons. The van der Waals surface area contributed by atoms with E-state index in [2.05, 4.69) is 34.5 Å². The van der Waals surface area contributed by atoms with Crippen LogP contribution in [0.1, 0.15) is 30.4 Å². The molecule has 26 heavy (non-hydrogen) atoms. The van der Waals surface area contributed by atoms with Crippen LogP contribution in [0.25, 0.3) is 12.2 Å². The average molecular weight is 346 g/mol. The molecule has 0 aliphatic heterocycles. The fourth-order valence-corrected chi connectivity index (χ4v) is 3.29. The number of nitrogens with one attached hydrogen (secondary N) is 1. The topological polar surface area (TPSA) is 32.3 Å². The van der Waals surface area contributed by atoms with Gasteiger partial charge in [0.25, 0.3) is 0 Å². The molecule has 2 aromatic rings. The number of rotatable bonds is 4. The zero-order valence-corrected chi connectivity index (χ0v) is 15.8. The minimum atomic E-state index is 0.179. The van der Waals surface area contributed by atoms with Crippen molar-refractivity contribution < 1.29 is 4.79 Å². The summed E-state index contributed by atoms with van der Waals surface area (Å²) in [5.41, 5.74) is 6.15. The first-order valence-corrected chi connectivity index (χ1v) is 9.08. The Kier molecular flexibility index (Phi) is 5.57. The number of nitrogens with zero attached hydrogens (tertiary/aromatic N) is 1. The molecule has 3 nitrogen and oxygen atoms in total. The lowest BCUT2D eigenvalue weighted by atomic mass is 9.86. The molecule has 1 saturated carbocycles. The van der Waals surface area contributed by atoms with Crippen LogP contribution in [0.4, 0.5) is 11.4 Å². The van der Waals surface area contributed by atoms with E-state index < -0.39 is 0 Å². The Balaban J connectivity index is 1.86. The number of anilines is 2. The maximum Gasteiger partial charge on any atom is 0.185 e. The van der Waals surface area contributed by atoms with E-state index in [1.54, 1.807) is 0 Å². The lowest BCUT2D eigenvalue weighted by molar-refractivity contribution is -0.112. The summed E-state index contributed by atoms with van der Waals surface area (Å²) in [4.78, 5) is 15.0. The van der Waals surface area contributed by atoms with Gasteiger partial charge in [-0.25, -0.2) is 0 Å². The Labute approximate surface area is 156 Å². The Morgan fingerprint density at radius 3 is 2.23 bits per heavy atom. The van der Waals surface area contributed by atoms with Crippen LogP contribution in [0.15, 0.2) is 59.7 Å². The number of carbonyl (C=O) groups is 1. The molecule has 1 aliphatic rings. The van der Waals surface area contributed by atoms with Gasteiger partial charge in [0.1, 0.15) is 0 Å². The van der Waals surface area contributed by atoms with Crippen LogP contribution < -0.4 is 10.2 Å². The summed E-state index contributed by atoms with van der Waals surface area (Å²) in [7, 11) is 5.96. The molecule has 0 heterocycles. The molecule has 0 saturated heterocycles. The van der Waals surface area contributed by atoms with Gasteiger partial charge in [-0.2, -0.15) is 0 Å². The van der Waals surface area contributed by atoms with Gasteiger partial charge in [-0.1, -0.05) is 30.3 Å². The van der Waals surface area contributed by atoms with Gasteiger partial charge in [0.05, 0.1) is 0 Å². The molecular formula is C23H26N2O. The van der Waals surface area contributed by atoms with Crippen LogP contribution in [0.5, 0.6) is 0 Å². The Morgan fingerprint density at radius 1 is 0.923 bits per heavy atom. The molecule has 0 aromatic heterocycles. The number of Topliss-reactive ketones (excluding diaryl/α,β-unsaturated/α-hetero) is 1. The minimum Gasteiger partial charge on any atom is -0.388 e. The summed E-state index contributed by atoms with van der Waals surface area (Å²) in [6.45, 7) is 0. The highest BCUT2D eigenvalue weighted by atomic mass is 16.1. The highest BCUT2D eigenvalue weighted by Gasteiger charge is 2.20. The number of ketones is 1. The second-order valence-corrected chi connectivity index (χ2v) is 6.85. The van der Waals surface area contributed by atoms with Gasteiger partial charge in [-0.15, -0.1) is 0 Å². The molecule has 3 rings (SSSR count). The molecule has 0 bridgehead atoms. The number of allylic oxidation sites excluding steroid dienone is 2. The van der Waals surface area contributed by atoms with Gasteiger partial charge >= 0.3 is 0 Å². The standard InChI is InChI=1S/C23H26N2O/c1-24-22-10-5-4-7-18(22)16-20-9-6-8-19(23(20)26)15-17-11-13-21(14-12-17)25(2)3/h4-5,7,10-16,24H,6,8-9H2,1-3H3/b19-15+,20-16+. The van der Waals surface area contributed by atoms with Crippen LogP contribution in [-0.2, 0) is 4.79 Å². The van der Waals surface area contributed by atoms with Gasteiger partial charge in [-0.3, -0.25) is 4.79 Å². The number of hydrogen-bond donors (Lipinski definition) is 1. The fraction of sp³-hybridized carbons (Fsp3) is 0.261. The summed E-state index contributed by atoms with van der Waals surface area (Å²) in [6, 6.07) is 16.4. The summed E-state index contributed by atoms with van der Waals surface area (Å²) in [5, 5.41) is 3.19. The highest BCUT2D eigenvalue weighted by molar-refractivity contribution is 6.14. The lowest BCUT2D eigenvalue weighted by Gasteiger charge is -2.17. The van der Waals surface area contributed by atoms with Crippen molar-refractivity contribution in [3.63, 3.8) is 0 Å². The molecule has 134 valence electrons. The van der Waals surface area contributed by atoms with Crippen LogP contribution in [0.2, 0.25) is 0 Å². The van der Waals surface area contributed by atoms with Crippen molar-refractivity contribution in [2.45, 2.75) is 19.3 Å². The van der Waals surface area contributed by atoms with Gasteiger partial charge in [-0.05, 0) is 60.7 Å². The average Bonchev–Trinajstić information content (AvgIpc) is 2.66. The van der Waals surface area contributed by atoms with Crippen molar-refractivity contribution >= 4 is 29.3 Å². The number of para-hydroxylation sites is 1. The minimum absolute atomic E-state index is 0.179. The third kappa shape index (κ3) is 4.05. The lowest BCUT2D eigenvalue weighted by Crippen LogP contribution is -2.12. The molecule has 1 fully saturated rings. The van der Waals surface area contributed by atoms with Crippen LogP contribution in [-0.4, -0.2) is 26.9 Å². The molecule has 0 spiro atoms. The van der Waals surface area contributed by atoms with Crippen molar-refractivity contribution in [1.82, 2.24) is 0 Å². The Bertz CT molecular complexity index is 845. The molecule has 3 heteroatoms. The van der Waals surface area contributed by atoms with Crippen molar-refractivity contribution in [2.75, 3.05) is 31.4 Å². The smallest absolute Gasteiger partial charge is 0.185 e. The third-order valence-corrected chi connectivity index (χ3v) is 4.79. The second-order valence-electron chi connectivity index (χ2n) is 6.85. The molecule has 0 unspecified atom stereocenters. The molecule has 1 aliphatic carbocycles.